The molecule has 0 saturated heterocycles. The molecule has 18 heavy (non-hydrogen) atoms. The summed E-state index contributed by atoms with van der Waals surface area (Å²) in [4.78, 5) is 8.40. The summed E-state index contributed by atoms with van der Waals surface area (Å²) < 4.78 is 5.57. The van der Waals surface area contributed by atoms with Crippen LogP contribution >= 0.6 is 11.6 Å². The first-order chi connectivity index (χ1) is 8.58. The smallest absolute Gasteiger partial charge is 0.322 e. The molecule has 2 rings (SSSR count). The van der Waals surface area contributed by atoms with Gasteiger partial charge < -0.3 is 10.5 Å². The van der Waals surface area contributed by atoms with Crippen molar-refractivity contribution in [3.8, 4) is 11.8 Å². The first-order valence-electron chi connectivity index (χ1n) is 5.57. The predicted octanol–water partition coefficient (Wildman–Crippen LogP) is 3.00. The van der Waals surface area contributed by atoms with Gasteiger partial charge >= 0.3 is 6.01 Å². The van der Waals surface area contributed by atoms with Gasteiger partial charge in [0.15, 0.2) is 0 Å². The fraction of sp³-hybridized carbons (Fsp3) is 0.231. The van der Waals surface area contributed by atoms with Crippen molar-refractivity contribution in [2.75, 3.05) is 0 Å². The van der Waals surface area contributed by atoms with Crippen molar-refractivity contribution in [3.63, 3.8) is 0 Å². The normalized spacial score (nSPS) is 10.4. The predicted molar refractivity (Wildman–Crippen MR) is 70.9 cm³/mol. The largest absolute Gasteiger partial charge is 0.424 e. The molecule has 0 unspecified atom stereocenters. The minimum absolute atomic E-state index is 0.323. The molecule has 1 heterocycles. The summed E-state index contributed by atoms with van der Waals surface area (Å²) in [6.07, 6.45) is 0. The van der Waals surface area contributed by atoms with E-state index in [0.29, 0.717) is 23.3 Å². The van der Waals surface area contributed by atoms with Gasteiger partial charge in [0, 0.05) is 23.0 Å². The molecule has 94 valence electrons. The van der Waals surface area contributed by atoms with Crippen LogP contribution in [0.4, 0.5) is 0 Å². The molecular weight excluding hydrogens is 250 g/mol. The van der Waals surface area contributed by atoms with Crippen molar-refractivity contribution in [1.82, 2.24) is 9.97 Å². The molecule has 4 nitrogen and oxygen atoms in total. The fourth-order valence-electron chi connectivity index (χ4n) is 1.60. The van der Waals surface area contributed by atoms with Crippen LogP contribution in [0.5, 0.6) is 11.8 Å². The molecule has 2 aromatic rings. The van der Waals surface area contributed by atoms with Crippen molar-refractivity contribution in [2.45, 2.75) is 20.4 Å². The van der Waals surface area contributed by atoms with Crippen LogP contribution in [0.25, 0.3) is 0 Å². The van der Waals surface area contributed by atoms with E-state index in [-0.39, 0.29) is 0 Å². The number of hydrogen-bond donors (Lipinski definition) is 1. The van der Waals surface area contributed by atoms with Gasteiger partial charge in [0.25, 0.3) is 0 Å². The topological polar surface area (TPSA) is 61.0 Å². The van der Waals surface area contributed by atoms with Gasteiger partial charge in [-0.15, -0.1) is 0 Å². The Balaban J connectivity index is 2.25. The van der Waals surface area contributed by atoms with Gasteiger partial charge in [0.1, 0.15) is 5.75 Å². The third kappa shape index (κ3) is 2.97. The molecule has 1 aromatic heterocycles. The Morgan fingerprint density at radius 3 is 2.39 bits per heavy atom. The van der Waals surface area contributed by atoms with Crippen molar-refractivity contribution >= 4 is 11.6 Å². The summed E-state index contributed by atoms with van der Waals surface area (Å²) >= 11 is 6.06. The maximum atomic E-state index is 6.06. The molecule has 0 amide bonds. The molecule has 0 spiro atoms. The summed E-state index contributed by atoms with van der Waals surface area (Å²) in [5, 5.41) is 0.583. The molecule has 0 aliphatic carbocycles. The Hall–Kier alpha value is -1.65. The monoisotopic (exact) mass is 263 g/mol. The van der Waals surface area contributed by atoms with Crippen molar-refractivity contribution in [2.24, 2.45) is 5.73 Å². The molecule has 0 aliphatic rings. The highest BCUT2D eigenvalue weighted by Gasteiger charge is 2.05. The number of aryl methyl sites for hydroxylation is 2. The van der Waals surface area contributed by atoms with Crippen LogP contribution < -0.4 is 10.5 Å². The zero-order valence-corrected chi connectivity index (χ0v) is 11.0. The SMILES string of the molecule is Cc1cc(C)nc(Oc2ccc(CN)c(Cl)c2)n1. The van der Waals surface area contributed by atoms with Crippen LogP contribution in [-0.2, 0) is 6.54 Å². The second-order valence-corrected chi connectivity index (χ2v) is 4.40. The van der Waals surface area contributed by atoms with Gasteiger partial charge in [0.05, 0.1) is 0 Å². The lowest BCUT2D eigenvalue weighted by Gasteiger charge is -2.07. The average molecular weight is 264 g/mol. The number of nitrogens with two attached hydrogens (primary N) is 1. The first kappa shape index (κ1) is 12.8. The summed E-state index contributed by atoms with van der Waals surface area (Å²) in [5.41, 5.74) is 8.15. The van der Waals surface area contributed by atoms with Gasteiger partial charge in [-0.1, -0.05) is 17.7 Å². The number of hydrogen-bond acceptors (Lipinski definition) is 4. The highest BCUT2D eigenvalue weighted by atomic mass is 35.5. The zero-order chi connectivity index (χ0) is 13.1. The highest BCUT2D eigenvalue weighted by molar-refractivity contribution is 6.31. The Morgan fingerprint density at radius 1 is 1.17 bits per heavy atom. The van der Waals surface area contributed by atoms with E-state index in [2.05, 4.69) is 9.97 Å². The Bertz CT molecular complexity index is 552. The molecular formula is C13H14ClN3O. The highest BCUT2D eigenvalue weighted by Crippen LogP contribution is 2.25. The van der Waals surface area contributed by atoms with E-state index < -0.39 is 0 Å². The Morgan fingerprint density at radius 2 is 1.83 bits per heavy atom. The van der Waals surface area contributed by atoms with E-state index in [9.17, 15) is 0 Å². The number of benzene rings is 1. The van der Waals surface area contributed by atoms with Crippen molar-refractivity contribution in [1.29, 1.82) is 0 Å². The minimum Gasteiger partial charge on any atom is -0.424 e. The second kappa shape index (κ2) is 5.33. The zero-order valence-electron chi connectivity index (χ0n) is 10.3. The fourth-order valence-corrected chi connectivity index (χ4v) is 1.85. The second-order valence-electron chi connectivity index (χ2n) is 3.99. The molecule has 1 aromatic carbocycles. The number of halogens is 1. The van der Waals surface area contributed by atoms with Gasteiger partial charge in [-0.05, 0) is 37.6 Å². The molecule has 0 atom stereocenters. The van der Waals surface area contributed by atoms with E-state index in [0.717, 1.165) is 17.0 Å². The van der Waals surface area contributed by atoms with E-state index in [1.165, 1.54) is 0 Å². The van der Waals surface area contributed by atoms with Gasteiger partial charge in [-0.2, -0.15) is 0 Å². The molecule has 0 aliphatic heterocycles. The van der Waals surface area contributed by atoms with Crippen molar-refractivity contribution in [3.05, 3.63) is 46.2 Å². The first-order valence-corrected chi connectivity index (χ1v) is 5.95. The number of ether oxygens (including phenoxy) is 1. The van der Waals surface area contributed by atoms with Crippen LogP contribution in [0.1, 0.15) is 17.0 Å². The molecule has 0 bridgehead atoms. The number of rotatable bonds is 3. The van der Waals surface area contributed by atoms with Crippen LogP contribution in [0.2, 0.25) is 5.02 Å². The third-order valence-electron chi connectivity index (χ3n) is 2.42. The van der Waals surface area contributed by atoms with Crippen LogP contribution in [0.3, 0.4) is 0 Å². The van der Waals surface area contributed by atoms with E-state index in [1.54, 1.807) is 12.1 Å². The molecule has 0 saturated carbocycles. The standard InChI is InChI=1S/C13H14ClN3O/c1-8-5-9(2)17-13(16-8)18-11-4-3-10(7-15)12(14)6-11/h3-6H,7,15H2,1-2H3. The van der Waals surface area contributed by atoms with E-state index in [1.807, 2.05) is 26.0 Å². The molecule has 0 radical (unpaired) electrons. The van der Waals surface area contributed by atoms with Crippen LogP contribution in [0.15, 0.2) is 24.3 Å². The van der Waals surface area contributed by atoms with E-state index in [4.69, 9.17) is 22.1 Å². The van der Waals surface area contributed by atoms with Gasteiger partial charge in [-0.3, -0.25) is 0 Å². The van der Waals surface area contributed by atoms with Gasteiger partial charge in [0.2, 0.25) is 0 Å². The quantitative estimate of drug-likeness (QED) is 0.925. The lowest BCUT2D eigenvalue weighted by molar-refractivity contribution is 0.439. The lowest BCUT2D eigenvalue weighted by atomic mass is 10.2. The third-order valence-corrected chi connectivity index (χ3v) is 2.77. The molecule has 5 heteroatoms. The number of aromatic nitrogens is 2. The van der Waals surface area contributed by atoms with Crippen molar-refractivity contribution < 1.29 is 4.74 Å². The lowest BCUT2D eigenvalue weighted by Crippen LogP contribution is -1.98. The number of nitrogens with zero attached hydrogens (tertiary/aromatic N) is 2. The maximum absolute atomic E-state index is 6.06. The summed E-state index contributed by atoms with van der Waals surface area (Å²) in [6, 6.07) is 7.56. The minimum atomic E-state index is 0.323. The molecule has 2 N–H and O–H groups in total. The van der Waals surface area contributed by atoms with Gasteiger partial charge in [-0.25, -0.2) is 9.97 Å². The summed E-state index contributed by atoms with van der Waals surface area (Å²) in [6.45, 7) is 4.19. The molecule has 0 fully saturated rings. The Kier molecular flexibility index (Phi) is 3.79. The Labute approximate surface area is 111 Å². The summed E-state index contributed by atoms with van der Waals surface area (Å²) in [5.74, 6) is 0.599. The van der Waals surface area contributed by atoms with E-state index >= 15 is 0 Å². The average Bonchev–Trinajstić information content (AvgIpc) is 2.27. The maximum Gasteiger partial charge on any atom is 0.322 e. The van der Waals surface area contributed by atoms with Crippen LogP contribution in [-0.4, -0.2) is 9.97 Å². The van der Waals surface area contributed by atoms with Crippen LogP contribution in [0, 0.1) is 13.8 Å². The summed E-state index contributed by atoms with van der Waals surface area (Å²) in [7, 11) is 0.